The zero-order valence-corrected chi connectivity index (χ0v) is 20.3. The second-order valence-electron chi connectivity index (χ2n) is 8.51. The van der Waals surface area contributed by atoms with Gasteiger partial charge in [0.15, 0.2) is 17.2 Å². The van der Waals surface area contributed by atoms with Gasteiger partial charge in [0.05, 0.1) is 6.54 Å². The van der Waals surface area contributed by atoms with Crippen LogP contribution in [0, 0.1) is 12.3 Å². The zero-order chi connectivity index (χ0) is 23.8. The van der Waals surface area contributed by atoms with Gasteiger partial charge in [-0.25, -0.2) is 15.3 Å². The van der Waals surface area contributed by atoms with Crippen LogP contribution in [0.25, 0.3) is 0 Å². The highest BCUT2D eigenvalue weighted by atomic mass is 32.2. The van der Waals surface area contributed by atoms with Gasteiger partial charge < -0.3 is 15.4 Å². The van der Waals surface area contributed by atoms with Gasteiger partial charge in [-0.15, -0.1) is 6.42 Å². The van der Waals surface area contributed by atoms with E-state index in [1.54, 1.807) is 11.8 Å². The molecule has 0 bridgehead atoms. The molecule has 0 aromatic heterocycles. The number of hydrazine groups is 1. The number of benzene rings is 1. The summed E-state index contributed by atoms with van der Waals surface area (Å²) in [7, 11) is 0. The van der Waals surface area contributed by atoms with Gasteiger partial charge in [-0.1, -0.05) is 36.7 Å². The minimum atomic E-state index is -0.537. The van der Waals surface area contributed by atoms with Crippen LogP contribution in [0.1, 0.15) is 45.2 Å². The summed E-state index contributed by atoms with van der Waals surface area (Å²) in [6.07, 6.45) is 5.73. The number of fused-ring (bicyclic) bond motifs is 1. The number of rotatable bonds is 7. The first-order valence-electron chi connectivity index (χ1n) is 10.9. The fraction of sp³-hybridized carbons (Fsp3) is 0.478. The molecule has 2 aliphatic rings. The fourth-order valence-electron chi connectivity index (χ4n) is 3.05. The summed E-state index contributed by atoms with van der Waals surface area (Å²) in [5.41, 5.74) is 5.19. The van der Waals surface area contributed by atoms with Gasteiger partial charge in [0.1, 0.15) is 11.3 Å². The molecule has 1 aromatic carbocycles. The van der Waals surface area contributed by atoms with E-state index in [1.165, 1.54) is 0 Å². The number of aliphatic imine (C=N–C) groups is 2. The number of thioether (sulfide) groups is 1. The van der Waals surface area contributed by atoms with E-state index in [-0.39, 0.29) is 6.17 Å². The van der Waals surface area contributed by atoms with Crippen molar-refractivity contribution in [3.8, 4) is 12.3 Å². The Morgan fingerprint density at radius 2 is 2.12 bits per heavy atom. The Hall–Kier alpha value is -3.03. The van der Waals surface area contributed by atoms with Crippen molar-refractivity contribution in [3.05, 3.63) is 35.4 Å². The van der Waals surface area contributed by atoms with Gasteiger partial charge in [-0.3, -0.25) is 4.99 Å². The number of ether oxygens (including phenoxy) is 1. The Bertz CT molecular complexity index is 974. The maximum Gasteiger partial charge on any atom is 0.407 e. The Labute approximate surface area is 199 Å². The Morgan fingerprint density at radius 3 is 2.79 bits per heavy atom. The molecule has 1 unspecified atom stereocenters. The van der Waals surface area contributed by atoms with Crippen LogP contribution >= 0.6 is 11.8 Å². The summed E-state index contributed by atoms with van der Waals surface area (Å²) in [6, 6.07) is 7.85. The van der Waals surface area contributed by atoms with Crippen LogP contribution in [0.5, 0.6) is 0 Å². The van der Waals surface area contributed by atoms with E-state index < -0.39 is 11.7 Å². The lowest BCUT2D eigenvalue weighted by Gasteiger charge is -2.26. The highest BCUT2D eigenvalue weighted by Gasteiger charge is 2.36. The second-order valence-corrected chi connectivity index (χ2v) is 9.59. The lowest BCUT2D eigenvalue weighted by atomic mass is 10.1. The van der Waals surface area contributed by atoms with Crippen molar-refractivity contribution in [2.24, 2.45) is 15.1 Å². The number of carbonyl (C=O) groups excluding carboxylic acids is 1. The number of alkyl carbamates (subject to hydrolysis) is 1. The van der Waals surface area contributed by atoms with E-state index in [0.29, 0.717) is 31.2 Å². The average Bonchev–Trinajstić information content (AvgIpc) is 3.17. The van der Waals surface area contributed by atoms with Crippen LogP contribution in [-0.2, 0) is 11.3 Å². The molecule has 1 aromatic rings. The van der Waals surface area contributed by atoms with Gasteiger partial charge in [-0.2, -0.15) is 10.1 Å². The summed E-state index contributed by atoms with van der Waals surface area (Å²) in [6.45, 7) is 8.95. The van der Waals surface area contributed by atoms with Crippen LogP contribution in [-0.4, -0.2) is 58.4 Å². The van der Waals surface area contributed by atoms with Crippen molar-refractivity contribution >= 4 is 34.6 Å². The van der Waals surface area contributed by atoms with Crippen molar-refractivity contribution < 1.29 is 9.53 Å². The van der Waals surface area contributed by atoms with Gasteiger partial charge in [0.25, 0.3) is 0 Å². The van der Waals surface area contributed by atoms with Crippen LogP contribution in [0.4, 0.5) is 4.79 Å². The summed E-state index contributed by atoms with van der Waals surface area (Å²) >= 11 is 1.65. The van der Waals surface area contributed by atoms with Crippen LogP contribution in [0.2, 0.25) is 0 Å². The molecular formula is C23H31N7O2S. The molecule has 0 aliphatic carbocycles. The summed E-state index contributed by atoms with van der Waals surface area (Å²) in [5, 5.41) is 13.2. The summed E-state index contributed by atoms with van der Waals surface area (Å²) in [4.78, 5) is 21.3. The first kappa shape index (κ1) is 24.6. The number of hydrogen-bond acceptors (Lipinski definition) is 8. The maximum absolute atomic E-state index is 11.8. The molecule has 2 heterocycles. The number of nitrogens with one attached hydrogen (secondary N) is 3. The van der Waals surface area contributed by atoms with E-state index in [4.69, 9.17) is 16.2 Å². The monoisotopic (exact) mass is 469 g/mol. The molecule has 3 rings (SSSR count). The molecule has 176 valence electrons. The van der Waals surface area contributed by atoms with E-state index in [0.717, 1.165) is 28.5 Å². The third kappa shape index (κ3) is 7.23. The van der Waals surface area contributed by atoms with Crippen LogP contribution < -0.4 is 16.2 Å². The van der Waals surface area contributed by atoms with Gasteiger partial charge in [0, 0.05) is 24.4 Å². The molecule has 10 heteroatoms. The van der Waals surface area contributed by atoms with E-state index in [9.17, 15) is 4.79 Å². The van der Waals surface area contributed by atoms with Crippen molar-refractivity contribution in [2.45, 2.75) is 52.4 Å². The first-order chi connectivity index (χ1) is 15.8. The molecule has 0 saturated heterocycles. The van der Waals surface area contributed by atoms with Gasteiger partial charge in [-0.05, 0) is 44.9 Å². The standard InChI is InChI=1S/C23H31N7O2S/c1-6-14-33-21-26-19(24-12-13-25-22(31)32-23(3,4)5)18-20(27-21)30(29-28-18)15-17-10-8-16(7-2)9-11-17/h2,8-11,20,29H,6,12-15H2,1,3-5H3,(H,25,31)(H,24,26,27). The number of nitrogens with zero attached hydrogens (tertiary/aromatic N) is 4. The molecule has 33 heavy (non-hydrogen) atoms. The molecule has 2 aliphatic heterocycles. The fourth-order valence-corrected chi connectivity index (χ4v) is 3.79. The Morgan fingerprint density at radius 1 is 1.36 bits per heavy atom. The number of terminal acetylenes is 1. The number of hydrazone groups is 1. The minimum Gasteiger partial charge on any atom is -0.444 e. The quantitative estimate of drug-likeness (QED) is 0.419. The summed E-state index contributed by atoms with van der Waals surface area (Å²) < 4.78 is 5.26. The average molecular weight is 470 g/mol. The Balaban J connectivity index is 1.66. The molecule has 9 nitrogen and oxygen atoms in total. The molecule has 1 amide bonds. The third-order valence-corrected chi connectivity index (χ3v) is 5.61. The molecule has 0 spiro atoms. The Kier molecular flexibility index (Phi) is 8.36. The SMILES string of the molecule is C#Cc1ccc(CN2NN=C3C(=NCCNC(=O)OC(C)(C)C)NC(SCCC)=NC32)cc1. The number of amides is 1. The largest absolute Gasteiger partial charge is 0.444 e. The summed E-state index contributed by atoms with van der Waals surface area (Å²) in [5.74, 6) is 4.23. The van der Waals surface area contributed by atoms with E-state index in [1.807, 2.05) is 50.0 Å². The second kappa shape index (κ2) is 11.2. The predicted octanol–water partition coefficient (Wildman–Crippen LogP) is 2.70. The lowest BCUT2D eigenvalue weighted by molar-refractivity contribution is 0.0529. The molecule has 0 radical (unpaired) electrons. The molecular weight excluding hydrogens is 438 g/mol. The van der Waals surface area contributed by atoms with Crippen LogP contribution in [0.15, 0.2) is 39.4 Å². The normalized spacial score (nSPS) is 19.0. The van der Waals surface area contributed by atoms with Crippen molar-refractivity contribution in [1.29, 1.82) is 0 Å². The molecule has 3 N–H and O–H groups in total. The smallest absolute Gasteiger partial charge is 0.407 e. The van der Waals surface area contributed by atoms with Gasteiger partial charge >= 0.3 is 6.09 Å². The predicted molar refractivity (Wildman–Crippen MR) is 134 cm³/mol. The maximum atomic E-state index is 11.8. The van der Waals surface area contributed by atoms with E-state index in [2.05, 4.69) is 39.1 Å². The van der Waals surface area contributed by atoms with Gasteiger partial charge in [0.2, 0.25) is 0 Å². The third-order valence-electron chi connectivity index (χ3n) is 4.51. The highest BCUT2D eigenvalue weighted by Crippen LogP contribution is 2.19. The molecule has 1 atom stereocenters. The number of hydrogen-bond donors (Lipinski definition) is 3. The van der Waals surface area contributed by atoms with Crippen molar-refractivity contribution in [3.63, 3.8) is 0 Å². The topological polar surface area (TPSA) is 103 Å². The molecule has 0 fully saturated rings. The molecule has 0 saturated carbocycles. The van der Waals surface area contributed by atoms with Crippen LogP contribution in [0.3, 0.4) is 0 Å². The van der Waals surface area contributed by atoms with Crippen molar-refractivity contribution in [2.75, 3.05) is 18.8 Å². The first-order valence-corrected chi connectivity index (χ1v) is 11.9. The zero-order valence-electron chi connectivity index (χ0n) is 19.5. The van der Waals surface area contributed by atoms with Crippen molar-refractivity contribution in [1.82, 2.24) is 21.2 Å². The van der Waals surface area contributed by atoms with E-state index >= 15 is 0 Å². The minimum absolute atomic E-state index is 0.296. The lowest BCUT2D eigenvalue weighted by Crippen LogP contribution is -2.50. The number of amidine groups is 2. The number of carbonyl (C=O) groups is 1. The highest BCUT2D eigenvalue weighted by molar-refractivity contribution is 8.13.